The van der Waals surface area contributed by atoms with E-state index < -0.39 is 10.0 Å². The highest BCUT2D eigenvalue weighted by Gasteiger charge is 2.24. The van der Waals surface area contributed by atoms with Crippen molar-refractivity contribution in [2.45, 2.75) is 61.0 Å². The summed E-state index contributed by atoms with van der Waals surface area (Å²) in [5.74, 6) is 1.38. The van der Waals surface area contributed by atoms with E-state index in [1.807, 2.05) is 41.9 Å². The standard InChI is InChI=1S/C24H29N5O3S2/c1-17(18-12-14-21(15-13-18)34(25,31)32)26-22(30)16-33-24-27-23(19-8-4-2-5-9-19)29(28-24)20-10-6-3-7-11-20/h3,6-7,10-15,17,19H,2,4-5,8-9,16H2,1H3,(H,26,30)(H2,25,31,32)/t17-/m1/s1. The highest BCUT2D eigenvalue weighted by Crippen LogP contribution is 2.33. The topological polar surface area (TPSA) is 120 Å². The SMILES string of the molecule is C[C@@H](NC(=O)CSc1nc(C2CCCCC2)n(-c2ccccc2)n1)c1ccc(S(N)(=O)=O)cc1. The Morgan fingerprint density at radius 3 is 2.44 bits per heavy atom. The molecule has 1 aliphatic rings. The van der Waals surface area contributed by atoms with Crippen LogP contribution in [0.4, 0.5) is 0 Å². The van der Waals surface area contributed by atoms with Crippen molar-refractivity contribution < 1.29 is 13.2 Å². The molecule has 1 saturated carbocycles. The zero-order chi connectivity index (χ0) is 24.1. The van der Waals surface area contributed by atoms with E-state index in [0.29, 0.717) is 11.1 Å². The number of primary sulfonamides is 1. The van der Waals surface area contributed by atoms with Gasteiger partial charge in [0.15, 0.2) is 0 Å². The van der Waals surface area contributed by atoms with Crippen LogP contribution in [-0.4, -0.2) is 34.8 Å². The predicted molar refractivity (Wildman–Crippen MR) is 132 cm³/mol. The summed E-state index contributed by atoms with van der Waals surface area (Å²) in [4.78, 5) is 17.4. The molecule has 3 N–H and O–H groups in total. The summed E-state index contributed by atoms with van der Waals surface area (Å²) in [5.41, 5.74) is 1.76. The number of carbonyl (C=O) groups is 1. The van der Waals surface area contributed by atoms with Gasteiger partial charge in [0, 0.05) is 5.92 Å². The smallest absolute Gasteiger partial charge is 0.238 e. The van der Waals surface area contributed by atoms with E-state index in [4.69, 9.17) is 15.2 Å². The van der Waals surface area contributed by atoms with Crippen LogP contribution >= 0.6 is 11.8 Å². The fourth-order valence-electron chi connectivity index (χ4n) is 4.19. The van der Waals surface area contributed by atoms with E-state index in [2.05, 4.69) is 5.32 Å². The average molecular weight is 500 g/mol. The zero-order valence-corrected chi connectivity index (χ0v) is 20.7. The maximum absolute atomic E-state index is 12.6. The van der Waals surface area contributed by atoms with Crippen molar-refractivity contribution in [3.8, 4) is 5.69 Å². The number of nitrogens with zero attached hydrogens (tertiary/aromatic N) is 3. The van der Waals surface area contributed by atoms with Gasteiger partial charge in [-0.05, 0) is 49.6 Å². The maximum atomic E-state index is 12.6. The van der Waals surface area contributed by atoms with Crippen molar-refractivity contribution in [1.29, 1.82) is 0 Å². The monoisotopic (exact) mass is 499 g/mol. The van der Waals surface area contributed by atoms with E-state index in [1.54, 1.807) is 12.1 Å². The van der Waals surface area contributed by atoms with Crippen molar-refractivity contribution in [3.63, 3.8) is 0 Å². The second-order valence-electron chi connectivity index (χ2n) is 8.53. The van der Waals surface area contributed by atoms with E-state index in [-0.39, 0.29) is 22.6 Å². The number of para-hydroxylation sites is 1. The lowest BCUT2D eigenvalue weighted by atomic mass is 9.88. The molecule has 1 amide bonds. The minimum atomic E-state index is -3.74. The molecule has 0 unspecified atom stereocenters. The molecule has 2 aromatic carbocycles. The van der Waals surface area contributed by atoms with Crippen LogP contribution in [0.25, 0.3) is 5.69 Å². The van der Waals surface area contributed by atoms with Crippen molar-refractivity contribution in [3.05, 3.63) is 66.0 Å². The second-order valence-corrected chi connectivity index (χ2v) is 11.0. The van der Waals surface area contributed by atoms with Gasteiger partial charge in [-0.1, -0.05) is 61.4 Å². The molecule has 34 heavy (non-hydrogen) atoms. The van der Waals surface area contributed by atoms with Gasteiger partial charge in [-0.25, -0.2) is 23.2 Å². The van der Waals surface area contributed by atoms with Crippen molar-refractivity contribution in [1.82, 2.24) is 20.1 Å². The fraction of sp³-hybridized carbons (Fsp3) is 0.375. The van der Waals surface area contributed by atoms with Crippen LogP contribution in [0.1, 0.15) is 62.4 Å². The molecule has 8 nitrogen and oxygen atoms in total. The number of benzene rings is 2. The van der Waals surface area contributed by atoms with E-state index >= 15 is 0 Å². The lowest BCUT2D eigenvalue weighted by molar-refractivity contribution is -0.119. The third-order valence-corrected chi connectivity index (χ3v) is 7.77. The molecule has 0 spiro atoms. The van der Waals surface area contributed by atoms with Crippen LogP contribution in [0, 0.1) is 0 Å². The molecule has 180 valence electrons. The quantitative estimate of drug-likeness (QED) is 0.453. The Morgan fingerprint density at radius 2 is 1.79 bits per heavy atom. The Hall–Kier alpha value is -2.69. The second kappa shape index (κ2) is 10.7. The molecular formula is C24H29N5O3S2. The summed E-state index contributed by atoms with van der Waals surface area (Å²) in [6, 6.07) is 15.9. The van der Waals surface area contributed by atoms with Crippen LogP contribution in [0.15, 0.2) is 64.6 Å². The summed E-state index contributed by atoms with van der Waals surface area (Å²) in [5, 5.41) is 13.4. The predicted octanol–water partition coefficient (Wildman–Crippen LogP) is 3.93. The van der Waals surface area contributed by atoms with Crippen LogP contribution in [0.2, 0.25) is 0 Å². The van der Waals surface area contributed by atoms with Crippen LogP contribution in [0.3, 0.4) is 0 Å². The summed E-state index contributed by atoms with van der Waals surface area (Å²) >= 11 is 1.31. The Labute approximate surface area is 204 Å². The molecule has 1 aliphatic carbocycles. The number of hydrogen-bond donors (Lipinski definition) is 2. The fourth-order valence-corrected chi connectivity index (χ4v) is 5.35. The molecule has 3 aromatic rings. The van der Waals surface area contributed by atoms with Gasteiger partial charge >= 0.3 is 0 Å². The number of sulfonamides is 1. The van der Waals surface area contributed by atoms with Gasteiger partial charge in [0.2, 0.25) is 21.1 Å². The summed E-state index contributed by atoms with van der Waals surface area (Å²) in [6.07, 6.45) is 5.89. The Balaban J connectivity index is 1.41. The third kappa shape index (κ3) is 6.05. The number of hydrogen-bond acceptors (Lipinski definition) is 6. The van der Waals surface area contributed by atoms with Crippen molar-refractivity contribution >= 4 is 27.7 Å². The Bertz CT molecular complexity index is 1220. The first-order valence-electron chi connectivity index (χ1n) is 11.4. The van der Waals surface area contributed by atoms with Crippen molar-refractivity contribution in [2.75, 3.05) is 5.75 Å². The first kappa shape index (κ1) is 24.4. The number of thioether (sulfide) groups is 1. The first-order valence-corrected chi connectivity index (χ1v) is 13.9. The molecule has 1 fully saturated rings. The Morgan fingerprint density at radius 1 is 1.12 bits per heavy atom. The lowest BCUT2D eigenvalue weighted by Gasteiger charge is -2.21. The molecule has 0 aliphatic heterocycles. The number of aromatic nitrogens is 3. The summed E-state index contributed by atoms with van der Waals surface area (Å²) in [7, 11) is -3.74. The van der Waals surface area contributed by atoms with Gasteiger partial charge in [-0.3, -0.25) is 4.79 Å². The van der Waals surface area contributed by atoms with Gasteiger partial charge in [-0.15, -0.1) is 5.10 Å². The van der Waals surface area contributed by atoms with Gasteiger partial charge in [0.05, 0.1) is 22.4 Å². The molecule has 4 rings (SSSR count). The molecule has 10 heteroatoms. The minimum Gasteiger partial charge on any atom is -0.349 e. The molecular weight excluding hydrogens is 470 g/mol. The van der Waals surface area contributed by atoms with E-state index in [0.717, 1.165) is 29.9 Å². The highest BCUT2D eigenvalue weighted by molar-refractivity contribution is 7.99. The third-order valence-electron chi connectivity index (χ3n) is 6.00. The molecule has 0 radical (unpaired) electrons. The van der Waals surface area contributed by atoms with Crippen LogP contribution in [0.5, 0.6) is 0 Å². The van der Waals surface area contributed by atoms with E-state index in [1.165, 1.54) is 43.2 Å². The zero-order valence-electron chi connectivity index (χ0n) is 19.1. The Kier molecular flexibility index (Phi) is 7.70. The minimum absolute atomic E-state index is 0.0409. The molecule has 0 saturated heterocycles. The number of nitrogens with two attached hydrogens (primary N) is 1. The number of rotatable bonds is 8. The van der Waals surface area contributed by atoms with Gasteiger partial charge in [0.1, 0.15) is 5.82 Å². The van der Waals surface area contributed by atoms with Crippen LogP contribution < -0.4 is 10.5 Å². The number of amides is 1. The largest absolute Gasteiger partial charge is 0.349 e. The molecule has 1 atom stereocenters. The number of carbonyl (C=O) groups excluding carboxylic acids is 1. The molecule has 1 aromatic heterocycles. The van der Waals surface area contributed by atoms with Gasteiger partial charge in [0.25, 0.3) is 0 Å². The van der Waals surface area contributed by atoms with Gasteiger partial charge in [-0.2, -0.15) is 0 Å². The number of nitrogens with one attached hydrogen (secondary N) is 1. The van der Waals surface area contributed by atoms with Crippen LogP contribution in [-0.2, 0) is 14.8 Å². The van der Waals surface area contributed by atoms with Crippen molar-refractivity contribution in [2.24, 2.45) is 5.14 Å². The normalized spacial score (nSPS) is 15.7. The maximum Gasteiger partial charge on any atom is 0.238 e. The van der Waals surface area contributed by atoms with Gasteiger partial charge < -0.3 is 5.32 Å². The van der Waals surface area contributed by atoms with E-state index in [9.17, 15) is 13.2 Å². The summed E-state index contributed by atoms with van der Waals surface area (Å²) < 4.78 is 24.8. The lowest BCUT2D eigenvalue weighted by Crippen LogP contribution is -2.28. The average Bonchev–Trinajstić information content (AvgIpc) is 3.28. The first-order chi connectivity index (χ1) is 16.3. The molecule has 0 bridgehead atoms. The molecule has 1 heterocycles. The highest BCUT2D eigenvalue weighted by atomic mass is 32.2. The summed E-state index contributed by atoms with van der Waals surface area (Å²) in [6.45, 7) is 1.85.